The van der Waals surface area contributed by atoms with Gasteiger partial charge in [0, 0.05) is 42.9 Å². The molecule has 0 spiro atoms. The number of rotatable bonds is 2. The summed E-state index contributed by atoms with van der Waals surface area (Å²) in [7, 11) is 0. The smallest absolute Gasteiger partial charge is 0.225 e. The number of pyridine rings is 1. The molecule has 4 nitrogen and oxygen atoms in total. The third-order valence-corrected chi connectivity index (χ3v) is 5.59. The van der Waals surface area contributed by atoms with Crippen molar-refractivity contribution in [1.29, 1.82) is 0 Å². The van der Waals surface area contributed by atoms with E-state index in [0.717, 1.165) is 44.2 Å². The molecule has 21 heavy (non-hydrogen) atoms. The third-order valence-electron chi connectivity index (χ3n) is 5.59. The SMILES string of the molecule is O=C(C1CC1)N1CC2CCCC(O)(c3cccnc3)C2C1. The number of fused-ring (bicyclic) bond motifs is 1. The number of carbonyl (C=O) groups excluding carboxylic acids is 1. The average molecular weight is 286 g/mol. The highest BCUT2D eigenvalue weighted by Gasteiger charge is 2.51. The average Bonchev–Trinajstić information content (AvgIpc) is 3.26. The van der Waals surface area contributed by atoms with Crippen molar-refractivity contribution in [1.82, 2.24) is 9.88 Å². The molecule has 2 aliphatic carbocycles. The van der Waals surface area contributed by atoms with Gasteiger partial charge < -0.3 is 10.0 Å². The standard InChI is InChI=1S/C17H22N2O2/c20-16(12-5-6-12)19-10-13-3-1-7-17(21,15(13)11-19)14-4-2-8-18-9-14/h2,4,8-9,12-13,15,21H,1,3,5-7,10-11H2. The van der Waals surface area contributed by atoms with E-state index in [9.17, 15) is 9.90 Å². The van der Waals surface area contributed by atoms with Gasteiger partial charge in [-0.25, -0.2) is 0 Å². The lowest BCUT2D eigenvalue weighted by atomic mass is 9.68. The number of likely N-dealkylation sites (tertiary alicyclic amines) is 1. The fourth-order valence-electron chi connectivity index (χ4n) is 4.27. The van der Waals surface area contributed by atoms with Crippen molar-refractivity contribution in [3.63, 3.8) is 0 Å². The molecule has 0 aromatic carbocycles. The predicted molar refractivity (Wildman–Crippen MR) is 78.3 cm³/mol. The fourth-order valence-corrected chi connectivity index (χ4v) is 4.27. The summed E-state index contributed by atoms with van der Waals surface area (Å²) in [5, 5.41) is 11.3. The molecule has 1 aromatic heterocycles. The van der Waals surface area contributed by atoms with E-state index in [2.05, 4.69) is 4.98 Å². The summed E-state index contributed by atoms with van der Waals surface area (Å²) in [6, 6.07) is 3.86. The second-order valence-electron chi connectivity index (χ2n) is 6.94. The van der Waals surface area contributed by atoms with E-state index in [1.807, 2.05) is 17.0 Å². The van der Waals surface area contributed by atoms with E-state index in [4.69, 9.17) is 0 Å². The number of hydrogen-bond donors (Lipinski definition) is 1. The minimum atomic E-state index is -0.810. The molecule has 1 aromatic rings. The van der Waals surface area contributed by atoms with Gasteiger partial charge in [0.05, 0.1) is 5.60 Å². The van der Waals surface area contributed by atoms with Gasteiger partial charge >= 0.3 is 0 Å². The van der Waals surface area contributed by atoms with E-state index >= 15 is 0 Å². The minimum absolute atomic E-state index is 0.165. The Bertz CT molecular complexity index is 543. The molecule has 2 heterocycles. The highest BCUT2D eigenvalue weighted by molar-refractivity contribution is 5.81. The number of aromatic nitrogens is 1. The normalized spacial score (nSPS) is 35.6. The highest BCUT2D eigenvalue weighted by Crippen LogP contribution is 2.48. The van der Waals surface area contributed by atoms with Crippen molar-refractivity contribution in [2.24, 2.45) is 17.8 Å². The third kappa shape index (κ3) is 2.16. The summed E-state index contributed by atoms with van der Waals surface area (Å²) in [5.41, 5.74) is 0.107. The Hall–Kier alpha value is -1.42. The van der Waals surface area contributed by atoms with Crippen LogP contribution in [0.3, 0.4) is 0 Å². The van der Waals surface area contributed by atoms with E-state index in [1.165, 1.54) is 0 Å². The zero-order chi connectivity index (χ0) is 14.4. The fraction of sp³-hybridized carbons (Fsp3) is 0.647. The number of carbonyl (C=O) groups is 1. The first kappa shape index (κ1) is 13.3. The van der Waals surface area contributed by atoms with Crippen LogP contribution in [0.5, 0.6) is 0 Å². The lowest BCUT2D eigenvalue weighted by molar-refractivity contribution is -0.132. The molecule has 112 valence electrons. The summed E-state index contributed by atoms with van der Waals surface area (Å²) in [6.45, 7) is 1.55. The van der Waals surface area contributed by atoms with Crippen LogP contribution in [0.2, 0.25) is 0 Å². The molecule has 4 rings (SSSR count). The van der Waals surface area contributed by atoms with Gasteiger partial charge in [-0.2, -0.15) is 0 Å². The summed E-state index contributed by atoms with van der Waals surface area (Å²) < 4.78 is 0. The van der Waals surface area contributed by atoms with E-state index in [-0.39, 0.29) is 11.8 Å². The zero-order valence-corrected chi connectivity index (χ0v) is 12.2. The lowest BCUT2D eigenvalue weighted by Gasteiger charge is -2.41. The van der Waals surface area contributed by atoms with Crippen molar-refractivity contribution in [3.05, 3.63) is 30.1 Å². The first-order valence-corrected chi connectivity index (χ1v) is 8.10. The molecular formula is C17H22N2O2. The number of nitrogens with zero attached hydrogens (tertiary/aromatic N) is 2. The quantitative estimate of drug-likeness (QED) is 0.904. The molecule has 2 saturated carbocycles. The van der Waals surface area contributed by atoms with Gasteiger partial charge in [0.15, 0.2) is 0 Å². The van der Waals surface area contributed by atoms with Crippen LogP contribution in [-0.4, -0.2) is 34.0 Å². The summed E-state index contributed by atoms with van der Waals surface area (Å²) in [6.07, 6.45) is 8.57. The van der Waals surface area contributed by atoms with Gasteiger partial charge in [0.1, 0.15) is 0 Å². The molecule has 3 aliphatic rings. The lowest BCUT2D eigenvalue weighted by Crippen LogP contribution is -2.43. The highest BCUT2D eigenvalue weighted by atomic mass is 16.3. The van der Waals surface area contributed by atoms with Crippen molar-refractivity contribution in [3.8, 4) is 0 Å². The predicted octanol–water partition coefficient (Wildman–Crippen LogP) is 1.94. The number of hydrogen-bond acceptors (Lipinski definition) is 3. The van der Waals surface area contributed by atoms with Gasteiger partial charge in [-0.3, -0.25) is 9.78 Å². The molecule has 4 heteroatoms. The van der Waals surface area contributed by atoms with Crippen LogP contribution < -0.4 is 0 Å². The van der Waals surface area contributed by atoms with Gasteiger partial charge in [-0.15, -0.1) is 0 Å². The molecule has 0 bridgehead atoms. The topological polar surface area (TPSA) is 53.4 Å². The Morgan fingerprint density at radius 1 is 1.33 bits per heavy atom. The van der Waals surface area contributed by atoms with Crippen molar-refractivity contribution < 1.29 is 9.90 Å². The second kappa shape index (κ2) is 4.80. The largest absolute Gasteiger partial charge is 0.385 e. The maximum absolute atomic E-state index is 12.3. The Labute approximate surface area is 125 Å². The Kier molecular flexibility index (Phi) is 3.03. The molecule has 1 N–H and O–H groups in total. The zero-order valence-electron chi connectivity index (χ0n) is 12.2. The van der Waals surface area contributed by atoms with Crippen LogP contribution in [0.25, 0.3) is 0 Å². The second-order valence-corrected chi connectivity index (χ2v) is 6.94. The van der Waals surface area contributed by atoms with Crippen LogP contribution in [0, 0.1) is 17.8 Å². The maximum Gasteiger partial charge on any atom is 0.225 e. The van der Waals surface area contributed by atoms with E-state index < -0.39 is 5.60 Å². The molecule has 1 amide bonds. The summed E-state index contributed by atoms with van der Waals surface area (Å²) >= 11 is 0. The van der Waals surface area contributed by atoms with Gasteiger partial charge in [0.2, 0.25) is 5.91 Å². The van der Waals surface area contributed by atoms with Gasteiger partial charge in [-0.05, 0) is 44.1 Å². The van der Waals surface area contributed by atoms with E-state index in [1.54, 1.807) is 12.4 Å². The summed E-state index contributed by atoms with van der Waals surface area (Å²) in [5.74, 6) is 1.19. The number of amides is 1. The van der Waals surface area contributed by atoms with Gasteiger partial charge in [-0.1, -0.05) is 6.07 Å². The van der Waals surface area contributed by atoms with Crippen LogP contribution in [0.15, 0.2) is 24.5 Å². The van der Waals surface area contributed by atoms with Crippen LogP contribution in [-0.2, 0) is 10.4 Å². The van der Waals surface area contributed by atoms with Gasteiger partial charge in [0.25, 0.3) is 0 Å². The van der Waals surface area contributed by atoms with Crippen LogP contribution in [0.1, 0.15) is 37.7 Å². The molecule has 1 saturated heterocycles. The molecule has 3 fully saturated rings. The number of aliphatic hydroxyl groups is 1. The monoisotopic (exact) mass is 286 g/mol. The van der Waals surface area contributed by atoms with Crippen molar-refractivity contribution >= 4 is 5.91 Å². The first-order chi connectivity index (χ1) is 10.2. The molecule has 3 atom stereocenters. The summed E-state index contributed by atoms with van der Waals surface area (Å²) in [4.78, 5) is 18.5. The molecule has 3 unspecified atom stereocenters. The van der Waals surface area contributed by atoms with Crippen molar-refractivity contribution in [2.75, 3.05) is 13.1 Å². The first-order valence-electron chi connectivity index (χ1n) is 8.10. The Balaban J connectivity index is 1.60. The molecular weight excluding hydrogens is 264 g/mol. The minimum Gasteiger partial charge on any atom is -0.385 e. The van der Waals surface area contributed by atoms with Crippen molar-refractivity contribution in [2.45, 2.75) is 37.7 Å². The maximum atomic E-state index is 12.3. The molecule has 0 radical (unpaired) electrons. The van der Waals surface area contributed by atoms with E-state index in [0.29, 0.717) is 18.4 Å². The van der Waals surface area contributed by atoms with Crippen LogP contribution in [0.4, 0.5) is 0 Å². The van der Waals surface area contributed by atoms with Crippen LogP contribution >= 0.6 is 0 Å². The molecule has 1 aliphatic heterocycles. The Morgan fingerprint density at radius 3 is 2.90 bits per heavy atom. The Morgan fingerprint density at radius 2 is 2.19 bits per heavy atom.